The van der Waals surface area contributed by atoms with E-state index in [0.717, 1.165) is 47.0 Å². The first-order valence-electron chi connectivity index (χ1n) is 12.1. The van der Waals surface area contributed by atoms with Crippen LogP contribution in [0.3, 0.4) is 0 Å². The third kappa shape index (κ3) is 11.0. The summed E-state index contributed by atoms with van der Waals surface area (Å²) in [5.74, 6) is 0.522. The van der Waals surface area contributed by atoms with Gasteiger partial charge in [0.15, 0.2) is 5.12 Å². The topological polar surface area (TPSA) is 92.5 Å². The number of nitrogens with two attached hydrogens (primary N) is 1. The van der Waals surface area contributed by atoms with Crippen molar-refractivity contribution in [2.45, 2.75) is 58.0 Å². The summed E-state index contributed by atoms with van der Waals surface area (Å²) in [5.41, 5.74) is 7.33. The summed E-state index contributed by atoms with van der Waals surface area (Å²) in [7, 11) is 0. The molecule has 0 aliphatic carbocycles. The van der Waals surface area contributed by atoms with Crippen molar-refractivity contribution in [3.63, 3.8) is 0 Å². The third-order valence-corrected chi connectivity index (χ3v) is 6.96. The molecule has 0 saturated heterocycles. The van der Waals surface area contributed by atoms with Crippen LogP contribution in [0.2, 0.25) is 0 Å². The smallest absolute Gasteiger partial charge is 0.247 e. The Kier molecular flexibility index (Phi) is 13.7. The Morgan fingerprint density at radius 1 is 0.971 bits per heavy atom. The largest absolute Gasteiger partial charge is 0.354 e. The van der Waals surface area contributed by atoms with Gasteiger partial charge in [0.25, 0.3) is 0 Å². The van der Waals surface area contributed by atoms with Gasteiger partial charge in [-0.15, -0.1) is 0 Å². The van der Waals surface area contributed by atoms with Crippen LogP contribution in [0.15, 0.2) is 59.1 Å². The summed E-state index contributed by atoms with van der Waals surface area (Å²) in [6, 6.07) is 16.6. The fraction of sp³-hybridized carbons (Fsp3) is 0.444. The third-order valence-electron chi connectivity index (χ3n) is 5.53. The number of benzene rings is 2. The van der Waals surface area contributed by atoms with Gasteiger partial charge < -0.3 is 16.0 Å². The second kappa shape index (κ2) is 16.5. The van der Waals surface area contributed by atoms with Crippen LogP contribution in [0.1, 0.15) is 62.6 Å². The minimum atomic E-state index is -0.734. The van der Waals surface area contributed by atoms with Crippen molar-refractivity contribution in [1.82, 2.24) is 10.2 Å². The molecule has 1 unspecified atom stereocenters. The fourth-order valence-electron chi connectivity index (χ4n) is 3.71. The Labute approximate surface area is 221 Å². The zero-order valence-corrected chi connectivity index (χ0v) is 22.8. The molecule has 0 fully saturated rings. The number of carbonyl (C=O) groups is 3. The molecule has 2 rings (SSSR count). The molecule has 0 aliphatic rings. The lowest BCUT2D eigenvalue weighted by molar-refractivity contribution is -0.141. The van der Waals surface area contributed by atoms with E-state index in [0.29, 0.717) is 32.5 Å². The van der Waals surface area contributed by atoms with E-state index in [-0.39, 0.29) is 16.9 Å². The molecule has 8 heteroatoms. The Balaban J connectivity index is 2.22. The molecule has 0 spiro atoms. The van der Waals surface area contributed by atoms with Gasteiger partial charge in [-0.3, -0.25) is 14.4 Å². The first-order chi connectivity index (χ1) is 16.9. The molecule has 0 saturated carbocycles. The highest BCUT2D eigenvalue weighted by Gasteiger charge is 2.31. The monoisotopic (exact) mass is 561 g/mol. The van der Waals surface area contributed by atoms with E-state index in [1.54, 1.807) is 11.8 Å². The van der Waals surface area contributed by atoms with E-state index in [1.165, 1.54) is 11.8 Å². The molecule has 2 aromatic carbocycles. The standard InChI is InChI=1S/C27H36BrN3O3S/c1-21(32)35-19-9-3-6-12-25(33)31(20-22-10-4-2-5-11-22)26(23-13-15-24(28)16-14-23)27(34)30-18-8-7-17-29/h2,4-5,10-11,13-16,26H,3,6-9,12,17-20,29H2,1H3,(H,30,34). The van der Waals surface area contributed by atoms with Crippen LogP contribution in [0.5, 0.6) is 0 Å². The number of carbonyl (C=O) groups excluding carboxylic acids is 3. The van der Waals surface area contributed by atoms with Gasteiger partial charge in [0.05, 0.1) is 0 Å². The lowest BCUT2D eigenvalue weighted by atomic mass is 10.0. The Morgan fingerprint density at radius 2 is 1.69 bits per heavy atom. The van der Waals surface area contributed by atoms with Gasteiger partial charge >= 0.3 is 0 Å². The van der Waals surface area contributed by atoms with Crippen molar-refractivity contribution in [2.24, 2.45) is 5.73 Å². The second-order valence-corrected chi connectivity index (χ2v) is 10.6. The van der Waals surface area contributed by atoms with Crippen molar-refractivity contribution in [1.29, 1.82) is 0 Å². The van der Waals surface area contributed by atoms with Crippen LogP contribution in [0, 0.1) is 0 Å². The Hall–Kier alpha value is -2.16. The highest BCUT2D eigenvalue weighted by molar-refractivity contribution is 9.10. The van der Waals surface area contributed by atoms with Crippen molar-refractivity contribution >= 4 is 44.6 Å². The maximum Gasteiger partial charge on any atom is 0.247 e. The van der Waals surface area contributed by atoms with Crippen molar-refractivity contribution in [3.8, 4) is 0 Å². The van der Waals surface area contributed by atoms with Crippen LogP contribution in [-0.2, 0) is 20.9 Å². The molecule has 2 amide bonds. The quantitative estimate of drug-likeness (QED) is 0.291. The summed E-state index contributed by atoms with van der Waals surface area (Å²) in [6.07, 6.45) is 4.43. The normalized spacial score (nSPS) is 11.6. The van der Waals surface area contributed by atoms with Gasteiger partial charge in [-0.1, -0.05) is 76.6 Å². The van der Waals surface area contributed by atoms with E-state index in [2.05, 4.69) is 21.2 Å². The predicted molar refractivity (Wildman–Crippen MR) is 147 cm³/mol. The lowest BCUT2D eigenvalue weighted by Gasteiger charge is -2.32. The zero-order valence-electron chi connectivity index (χ0n) is 20.4. The Morgan fingerprint density at radius 3 is 2.34 bits per heavy atom. The molecule has 190 valence electrons. The molecule has 35 heavy (non-hydrogen) atoms. The summed E-state index contributed by atoms with van der Waals surface area (Å²) >= 11 is 4.78. The number of nitrogens with zero attached hydrogens (tertiary/aromatic N) is 1. The number of nitrogens with one attached hydrogen (secondary N) is 1. The fourth-order valence-corrected chi connectivity index (χ4v) is 4.61. The number of rotatable bonds is 15. The molecule has 0 radical (unpaired) electrons. The van der Waals surface area contributed by atoms with Crippen molar-refractivity contribution in [3.05, 3.63) is 70.2 Å². The molecule has 6 nitrogen and oxygen atoms in total. The average Bonchev–Trinajstić information content (AvgIpc) is 2.85. The molecule has 2 aromatic rings. The van der Waals surface area contributed by atoms with E-state index in [9.17, 15) is 14.4 Å². The average molecular weight is 563 g/mol. The molecule has 0 bridgehead atoms. The molecule has 1 atom stereocenters. The number of amides is 2. The van der Waals surface area contributed by atoms with Crippen LogP contribution in [0.25, 0.3) is 0 Å². The highest BCUT2D eigenvalue weighted by atomic mass is 79.9. The molecule has 0 aromatic heterocycles. The molecule has 0 heterocycles. The maximum atomic E-state index is 13.5. The molecular formula is C27H36BrN3O3S. The van der Waals surface area contributed by atoms with E-state index < -0.39 is 6.04 Å². The SMILES string of the molecule is CC(=O)SCCCCCC(=O)N(Cc1ccccc1)C(C(=O)NCCCCN)c1ccc(Br)cc1. The molecular weight excluding hydrogens is 526 g/mol. The number of thioether (sulfide) groups is 1. The zero-order chi connectivity index (χ0) is 25.5. The van der Waals surface area contributed by atoms with E-state index in [1.807, 2.05) is 54.6 Å². The van der Waals surface area contributed by atoms with E-state index in [4.69, 9.17) is 5.73 Å². The minimum Gasteiger partial charge on any atom is -0.354 e. The van der Waals surface area contributed by atoms with Crippen molar-refractivity contribution < 1.29 is 14.4 Å². The summed E-state index contributed by atoms with van der Waals surface area (Å²) in [4.78, 5) is 39.7. The predicted octanol–water partition coefficient (Wildman–Crippen LogP) is 5.21. The van der Waals surface area contributed by atoms with Gasteiger partial charge in [-0.2, -0.15) is 0 Å². The number of hydrogen-bond donors (Lipinski definition) is 2. The second-order valence-electron chi connectivity index (χ2n) is 8.40. The van der Waals surface area contributed by atoms with Crippen molar-refractivity contribution in [2.75, 3.05) is 18.8 Å². The van der Waals surface area contributed by atoms with Gasteiger partial charge in [0.1, 0.15) is 6.04 Å². The summed E-state index contributed by atoms with van der Waals surface area (Å²) < 4.78 is 0.910. The Bertz CT molecular complexity index is 925. The van der Waals surface area contributed by atoms with Crippen LogP contribution < -0.4 is 11.1 Å². The number of hydrogen-bond acceptors (Lipinski definition) is 5. The van der Waals surface area contributed by atoms with Crippen LogP contribution in [0.4, 0.5) is 0 Å². The molecule has 0 aliphatic heterocycles. The summed E-state index contributed by atoms with van der Waals surface area (Å²) in [5, 5.41) is 3.13. The van der Waals surface area contributed by atoms with Gasteiger partial charge in [-0.05, 0) is 55.5 Å². The van der Waals surface area contributed by atoms with Crippen LogP contribution in [-0.4, -0.2) is 40.7 Å². The molecule has 3 N–H and O–H groups in total. The number of halogens is 1. The van der Waals surface area contributed by atoms with Crippen LogP contribution >= 0.6 is 27.7 Å². The van der Waals surface area contributed by atoms with Gasteiger partial charge in [0, 0.05) is 36.7 Å². The first kappa shape index (κ1) is 29.1. The lowest BCUT2D eigenvalue weighted by Crippen LogP contribution is -2.43. The minimum absolute atomic E-state index is 0.0573. The summed E-state index contributed by atoms with van der Waals surface area (Å²) in [6.45, 7) is 3.01. The highest BCUT2D eigenvalue weighted by Crippen LogP contribution is 2.27. The van der Waals surface area contributed by atoms with E-state index >= 15 is 0 Å². The van der Waals surface area contributed by atoms with Gasteiger partial charge in [0.2, 0.25) is 11.8 Å². The van der Waals surface area contributed by atoms with Gasteiger partial charge in [-0.25, -0.2) is 0 Å². The number of unbranched alkanes of at least 4 members (excludes halogenated alkanes) is 3. The first-order valence-corrected chi connectivity index (χ1v) is 13.9. The maximum absolute atomic E-state index is 13.5.